The molecule has 0 aliphatic carbocycles. The van der Waals surface area contributed by atoms with Gasteiger partial charge in [0.15, 0.2) is 0 Å². The van der Waals surface area contributed by atoms with Crippen molar-refractivity contribution in [2.45, 2.75) is 63.2 Å². The average Bonchev–Trinajstić information content (AvgIpc) is 2.48. The van der Waals surface area contributed by atoms with E-state index in [0.29, 0.717) is 0 Å². The molecule has 0 bridgehead atoms. The Morgan fingerprint density at radius 2 is 2.05 bits per heavy atom. The fourth-order valence-electron chi connectivity index (χ4n) is 2.53. The summed E-state index contributed by atoms with van der Waals surface area (Å²) in [6.07, 6.45) is 6.81. The molecule has 0 aromatic carbocycles. The second-order valence-electron chi connectivity index (χ2n) is 5.50. The maximum Gasteiger partial charge on any atom is 0.0613 e. The highest BCUT2D eigenvalue weighted by Gasteiger charge is 2.25. The lowest BCUT2D eigenvalue weighted by Crippen LogP contribution is -2.48. The van der Waals surface area contributed by atoms with E-state index in [9.17, 15) is 5.11 Å². The molecule has 3 nitrogen and oxygen atoms in total. The normalized spacial score (nSPS) is 20.4. The highest BCUT2D eigenvalue weighted by molar-refractivity contribution is 7.99. The summed E-state index contributed by atoms with van der Waals surface area (Å²) in [5, 5.41) is 14.0. The van der Waals surface area contributed by atoms with Gasteiger partial charge in [0.1, 0.15) is 0 Å². The smallest absolute Gasteiger partial charge is 0.0613 e. The van der Waals surface area contributed by atoms with E-state index in [1.165, 1.54) is 25.0 Å². The summed E-state index contributed by atoms with van der Waals surface area (Å²) in [4.78, 5) is 0. The Balaban J connectivity index is 2.19. The fraction of sp³-hybridized carbons (Fsp3) is 1.00. The van der Waals surface area contributed by atoms with Crippen LogP contribution in [0.5, 0.6) is 0 Å². The van der Waals surface area contributed by atoms with Gasteiger partial charge in [-0.3, -0.25) is 0 Å². The van der Waals surface area contributed by atoms with Crippen LogP contribution in [0.2, 0.25) is 0 Å². The number of nitrogens with one attached hydrogen (secondary N) is 1. The van der Waals surface area contributed by atoms with Crippen LogP contribution in [-0.2, 0) is 4.74 Å². The van der Waals surface area contributed by atoms with Gasteiger partial charge in [-0.25, -0.2) is 0 Å². The second-order valence-corrected chi connectivity index (χ2v) is 6.91. The van der Waals surface area contributed by atoms with E-state index in [1.54, 1.807) is 0 Å². The van der Waals surface area contributed by atoms with Gasteiger partial charge in [-0.2, -0.15) is 11.8 Å². The maximum absolute atomic E-state index is 9.67. The summed E-state index contributed by atoms with van der Waals surface area (Å²) in [5.41, 5.74) is -0.0494. The van der Waals surface area contributed by atoms with Crippen LogP contribution in [0.15, 0.2) is 0 Å². The minimum absolute atomic E-state index is 0.0494. The zero-order valence-electron chi connectivity index (χ0n) is 12.6. The topological polar surface area (TPSA) is 41.5 Å². The predicted molar refractivity (Wildman–Crippen MR) is 83.9 cm³/mol. The van der Waals surface area contributed by atoms with Crippen molar-refractivity contribution in [3.8, 4) is 0 Å². The van der Waals surface area contributed by atoms with Crippen LogP contribution in [0.25, 0.3) is 0 Å². The van der Waals surface area contributed by atoms with E-state index >= 15 is 0 Å². The summed E-state index contributed by atoms with van der Waals surface area (Å²) in [6.45, 7) is 7.47. The highest BCUT2D eigenvalue weighted by Crippen LogP contribution is 2.25. The third kappa shape index (κ3) is 6.48. The van der Waals surface area contributed by atoms with Crippen molar-refractivity contribution in [3.05, 3.63) is 0 Å². The first-order valence-electron chi connectivity index (χ1n) is 7.81. The third-order valence-electron chi connectivity index (χ3n) is 4.05. The molecular formula is C15H31NO2S. The number of thioether (sulfide) groups is 1. The lowest BCUT2D eigenvalue weighted by molar-refractivity contribution is 0.1000. The first-order chi connectivity index (χ1) is 9.26. The second kappa shape index (κ2) is 10.0. The molecule has 0 aromatic rings. The molecule has 1 aliphatic heterocycles. The molecule has 1 aliphatic rings. The van der Waals surface area contributed by atoms with E-state index in [-0.39, 0.29) is 12.1 Å². The van der Waals surface area contributed by atoms with Gasteiger partial charge in [0.25, 0.3) is 0 Å². The number of aliphatic hydroxyl groups is 1. The Labute approximate surface area is 122 Å². The maximum atomic E-state index is 9.67. The average molecular weight is 289 g/mol. The van der Waals surface area contributed by atoms with Crippen LogP contribution in [0.1, 0.15) is 52.4 Å². The first kappa shape index (κ1) is 17.3. The Morgan fingerprint density at radius 3 is 2.63 bits per heavy atom. The number of rotatable bonds is 10. The minimum atomic E-state index is -0.0494. The first-order valence-corrected chi connectivity index (χ1v) is 8.86. The largest absolute Gasteiger partial charge is 0.394 e. The van der Waals surface area contributed by atoms with Gasteiger partial charge in [-0.1, -0.05) is 13.8 Å². The number of aliphatic hydroxyl groups excluding tert-OH is 1. The Morgan fingerprint density at radius 1 is 1.32 bits per heavy atom. The minimum Gasteiger partial charge on any atom is -0.394 e. The molecule has 1 fully saturated rings. The molecule has 19 heavy (non-hydrogen) atoms. The predicted octanol–water partition coefficient (Wildman–Crippen LogP) is 2.82. The number of ether oxygens (including phenoxy) is 1. The molecule has 0 radical (unpaired) electrons. The van der Waals surface area contributed by atoms with E-state index in [4.69, 9.17) is 4.74 Å². The number of hydrogen-bond acceptors (Lipinski definition) is 4. The van der Waals surface area contributed by atoms with E-state index < -0.39 is 0 Å². The summed E-state index contributed by atoms with van der Waals surface area (Å²) in [5.74, 6) is 1.21. The number of hydrogen-bond donors (Lipinski definition) is 2. The van der Waals surface area contributed by atoms with Crippen molar-refractivity contribution in [1.29, 1.82) is 0 Å². The molecule has 1 atom stereocenters. The lowest BCUT2D eigenvalue weighted by atomic mass is 9.91. The van der Waals surface area contributed by atoms with Crippen LogP contribution >= 0.6 is 11.8 Å². The van der Waals surface area contributed by atoms with E-state index in [1.807, 2.05) is 0 Å². The summed E-state index contributed by atoms with van der Waals surface area (Å²) < 4.78 is 5.38. The highest BCUT2D eigenvalue weighted by atomic mass is 32.2. The van der Waals surface area contributed by atoms with Gasteiger partial charge in [0.05, 0.1) is 6.61 Å². The van der Waals surface area contributed by atoms with Crippen molar-refractivity contribution in [2.75, 3.05) is 32.1 Å². The van der Waals surface area contributed by atoms with Crippen LogP contribution in [0, 0.1) is 0 Å². The van der Waals surface area contributed by atoms with Gasteiger partial charge >= 0.3 is 0 Å². The molecule has 1 saturated heterocycles. The molecule has 0 spiro atoms. The molecule has 2 N–H and O–H groups in total. The molecule has 114 valence electrons. The Hall–Kier alpha value is 0.230. The SMILES string of the molecule is CCCNC(CC)(CO)CCCSC1CCOCC1. The zero-order chi connectivity index (χ0) is 14.0. The molecule has 0 amide bonds. The monoisotopic (exact) mass is 289 g/mol. The van der Waals surface area contributed by atoms with Crippen LogP contribution in [0.4, 0.5) is 0 Å². The van der Waals surface area contributed by atoms with Gasteiger partial charge in [0, 0.05) is 24.0 Å². The van der Waals surface area contributed by atoms with Crippen LogP contribution < -0.4 is 5.32 Å². The van der Waals surface area contributed by atoms with Crippen molar-refractivity contribution < 1.29 is 9.84 Å². The van der Waals surface area contributed by atoms with E-state index in [0.717, 1.165) is 44.3 Å². The molecule has 1 rings (SSSR count). The fourth-order valence-corrected chi connectivity index (χ4v) is 3.70. The third-order valence-corrected chi connectivity index (χ3v) is 5.52. The van der Waals surface area contributed by atoms with Crippen molar-refractivity contribution in [1.82, 2.24) is 5.32 Å². The molecule has 1 heterocycles. The van der Waals surface area contributed by atoms with Crippen molar-refractivity contribution >= 4 is 11.8 Å². The van der Waals surface area contributed by atoms with Crippen LogP contribution in [0.3, 0.4) is 0 Å². The quantitative estimate of drug-likeness (QED) is 0.607. The Bertz CT molecular complexity index is 216. The summed E-state index contributed by atoms with van der Waals surface area (Å²) in [6, 6.07) is 0. The molecule has 0 saturated carbocycles. The molecular weight excluding hydrogens is 258 g/mol. The van der Waals surface area contributed by atoms with E-state index in [2.05, 4.69) is 30.9 Å². The Kier molecular flexibility index (Phi) is 9.12. The standard InChI is InChI=1S/C15H31NO2S/c1-3-9-16-15(4-2,13-17)8-5-12-19-14-6-10-18-11-7-14/h14,16-17H,3-13H2,1-2H3. The summed E-state index contributed by atoms with van der Waals surface area (Å²) in [7, 11) is 0. The van der Waals surface area contributed by atoms with Gasteiger partial charge in [-0.05, 0) is 50.8 Å². The van der Waals surface area contributed by atoms with Crippen molar-refractivity contribution in [2.24, 2.45) is 0 Å². The van der Waals surface area contributed by atoms with Crippen LogP contribution in [-0.4, -0.2) is 48.0 Å². The van der Waals surface area contributed by atoms with Gasteiger partial charge < -0.3 is 15.2 Å². The van der Waals surface area contributed by atoms with Gasteiger partial charge in [0.2, 0.25) is 0 Å². The zero-order valence-corrected chi connectivity index (χ0v) is 13.4. The van der Waals surface area contributed by atoms with Crippen molar-refractivity contribution in [3.63, 3.8) is 0 Å². The molecule has 4 heteroatoms. The summed E-state index contributed by atoms with van der Waals surface area (Å²) >= 11 is 2.09. The van der Waals surface area contributed by atoms with Gasteiger partial charge in [-0.15, -0.1) is 0 Å². The molecule has 1 unspecified atom stereocenters. The molecule has 0 aromatic heterocycles. The lowest BCUT2D eigenvalue weighted by Gasteiger charge is -2.32.